The Morgan fingerprint density at radius 2 is 1.87 bits per heavy atom. The van der Waals surface area contributed by atoms with Gasteiger partial charge in [0.15, 0.2) is 5.78 Å². The van der Waals surface area contributed by atoms with Crippen LogP contribution in [0.5, 0.6) is 0 Å². The Kier molecular flexibility index (Phi) is 6.63. The Labute approximate surface area is 189 Å². The number of hydrogen-bond donors (Lipinski definition) is 2. The van der Waals surface area contributed by atoms with Crippen molar-refractivity contribution < 1.29 is 17.8 Å². The third kappa shape index (κ3) is 4.89. The lowest BCUT2D eigenvalue weighted by molar-refractivity contribution is 0.101. The fraction of sp³-hybridized carbons (Fsp3) is 0.158. The molecule has 7 nitrogen and oxygen atoms in total. The summed E-state index contributed by atoms with van der Waals surface area (Å²) < 4.78 is 38.6. The Morgan fingerprint density at radius 3 is 2.43 bits per heavy atom. The third-order valence-electron chi connectivity index (χ3n) is 4.16. The molecular formula is C19H16BrClN2O5S2. The Morgan fingerprint density at radius 1 is 1.23 bits per heavy atom. The number of pyridine rings is 1. The van der Waals surface area contributed by atoms with Crippen molar-refractivity contribution in [3.05, 3.63) is 67.2 Å². The highest BCUT2D eigenvalue weighted by Gasteiger charge is 2.27. The van der Waals surface area contributed by atoms with Crippen molar-refractivity contribution in [2.75, 3.05) is 11.0 Å². The molecule has 0 saturated carbocycles. The number of anilines is 1. The van der Waals surface area contributed by atoms with Crippen LogP contribution in [0.4, 0.5) is 5.69 Å². The number of fused-ring (bicyclic) bond motifs is 1. The minimum Gasteiger partial charge on any atom is -0.610 e. The van der Waals surface area contributed by atoms with Gasteiger partial charge in [-0.3, -0.25) is 14.3 Å². The molecule has 0 amide bonds. The van der Waals surface area contributed by atoms with Crippen LogP contribution in [0.1, 0.15) is 22.8 Å². The van der Waals surface area contributed by atoms with E-state index in [2.05, 4.69) is 25.6 Å². The van der Waals surface area contributed by atoms with Crippen LogP contribution < -0.4 is 10.2 Å². The molecule has 0 aliphatic carbocycles. The van der Waals surface area contributed by atoms with Crippen molar-refractivity contribution in [2.24, 2.45) is 0 Å². The van der Waals surface area contributed by atoms with E-state index in [1.165, 1.54) is 13.0 Å². The SMILES string of the molecule is CC(=O)c1c([S+]([O-])Cc2ccc(NS(C)(=O)=O)cc2)[nH]c2c(Br)ccc(Cl)c2c1=O. The summed E-state index contributed by atoms with van der Waals surface area (Å²) >= 11 is 7.74. The maximum atomic E-state index is 13.1. The number of ketones is 1. The zero-order valence-corrected chi connectivity index (χ0v) is 19.8. The van der Waals surface area contributed by atoms with E-state index in [0.29, 0.717) is 21.2 Å². The van der Waals surface area contributed by atoms with Gasteiger partial charge in [0.2, 0.25) is 20.5 Å². The molecule has 0 saturated heterocycles. The van der Waals surface area contributed by atoms with Crippen LogP contribution in [0, 0.1) is 0 Å². The van der Waals surface area contributed by atoms with E-state index in [0.717, 1.165) is 6.26 Å². The van der Waals surface area contributed by atoms with Gasteiger partial charge in [0.1, 0.15) is 11.3 Å². The summed E-state index contributed by atoms with van der Waals surface area (Å²) in [5.41, 5.74) is 0.575. The highest BCUT2D eigenvalue weighted by molar-refractivity contribution is 9.10. The van der Waals surface area contributed by atoms with Crippen molar-refractivity contribution in [3.63, 3.8) is 0 Å². The quantitative estimate of drug-likeness (QED) is 0.370. The van der Waals surface area contributed by atoms with Crippen LogP contribution in [0.25, 0.3) is 10.9 Å². The average molecular weight is 532 g/mol. The standard InChI is InChI=1S/C19H16BrClN2O5S2/c1-10(24)15-18(25)16-14(21)8-7-13(20)17(16)22-19(15)29(26)9-11-3-5-12(6-4-11)23-30(2,27)28/h3-8,23H,9H2,1-2H3,(H,22,25). The third-order valence-corrected chi connectivity index (χ3v) is 7.10. The van der Waals surface area contributed by atoms with Gasteiger partial charge in [-0.25, -0.2) is 8.42 Å². The molecule has 11 heteroatoms. The van der Waals surface area contributed by atoms with E-state index in [-0.39, 0.29) is 26.8 Å². The fourth-order valence-electron chi connectivity index (χ4n) is 2.90. The topological polar surface area (TPSA) is 119 Å². The van der Waals surface area contributed by atoms with Crippen molar-refractivity contribution >= 4 is 71.1 Å². The molecule has 158 valence electrons. The Hall–Kier alpha value is -1.85. The zero-order chi connectivity index (χ0) is 22.2. The second-order valence-electron chi connectivity index (χ2n) is 6.55. The summed E-state index contributed by atoms with van der Waals surface area (Å²) in [6.07, 6.45) is 1.04. The first-order valence-corrected chi connectivity index (χ1v) is 12.9. The number of benzene rings is 2. The van der Waals surface area contributed by atoms with Crippen molar-refractivity contribution in [1.82, 2.24) is 4.98 Å². The van der Waals surface area contributed by atoms with Crippen LogP contribution in [-0.4, -0.2) is 30.0 Å². The summed E-state index contributed by atoms with van der Waals surface area (Å²) in [6, 6.07) is 9.50. The van der Waals surface area contributed by atoms with Gasteiger partial charge >= 0.3 is 0 Å². The molecule has 0 radical (unpaired) electrons. The number of rotatable bonds is 6. The Bertz CT molecular complexity index is 1310. The molecular weight excluding hydrogens is 516 g/mol. The summed E-state index contributed by atoms with van der Waals surface area (Å²) in [4.78, 5) is 28.1. The summed E-state index contributed by atoms with van der Waals surface area (Å²) in [5, 5.41) is 0.345. The normalized spacial score (nSPS) is 12.7. The summed E-state index contributed by atoms with van der Waals surface area (Å²) in [6.45, 7) is 1.23. The summed E-state index contributed by atoms with van der Waals surface area (Å²) in [7, 11) is -3.41. The number of H-pyrrole nitrogens is 1. The minimum atomic E-state index is -3.41. The van der Waals surface area contributed by atoms with Gasteiger partial charge in [-0.2, -0.15) is 0 Å². The maximum Gasteiger partial charge on any atom is 0.238 e. The fourth-order valence-corrected chi connectivity index (χ4v) is 5.45. The maximum absolute atomic E-state index is 13.1. The molecule has 3 aromatic rings. The van der Waals surface area contributed by atoms with Gasteiger partial charge in [0.05, 0.1) is 22.2 Å². The van der Waals surface area contributed by atoms with Crippen LogP contribution in [-0.2, 0) is 27.0 Å². The molecule has 30 heavy (non-hydrogen) atoms. The largest absolute Gasteiger partial charge is 0.610 e. The van der Waals surface area contributed by atoms with Crippen LogP contribution in [0.2, 0.25) is 5.02 Å². The number of aromatic amines is 1. The van der Waals surface area contributed by atoms with Gasteiger partial charge in [-0.15, -0.1) is 0 Å². The first-order valence-electron chi connectivity index (χ1n) is 8.48. The molecule has 0 bridgehead atoms. The highest BCUT2D eigenvalue weighted by Crippen LogP contribution is 2.29. The van der Waals surface area contributed by atoms with Gasteiger partial charge in [-0.05, 0) is 47.1 Å². The van der Waals surface area contributed by atoms with Crippen LogP contribution in [0.15, 0.2) is 50.7 Å². The average Bonchev–Trinajstić information content (AvgIpc) is 2.64. The molecule has 0 fully saturated rings. The lowest BCUT2D eigenvalue weighted by Crippen LogP contribution is -2.22. The first-order chi connectivity index (χ1) is 14.0. The molecule has 3 rings (SSSR count). The van der Waals surface area contributed by atoms with Gasteiger partial charge < -0.3 is 9.54 Å². The van der Waals surface area contributed by atoms with Gasteiger partial charge in [0.25, 0.3) is 0 Å². The van der Waals surface area contributed by atoms with Crippen LogP contribution in [0.3, 0.4) is 0 Å². The molecule has 1 atom stereocenters. The second-order valence-corrected chi connectivity index (χ2v) is 11.0. The first kappa shape index (κ1) is 22.8. The second kappa shape index (κ2) is 8.72. The van der Waals surface area contributed by atoms with Crippen molar-refractivity contribution in [1.29, 1.82) is 0 Å². The lowest BCUT2D eigenvalue weighted by atomic mass is 10.1. The predicted octanol–water partition coefficient (Wildman–Crippen LogP) is 3.83. The van der Waals surface area contributed by atoms with E-state index in [1.54, 1.807) is 30.3 Å². The monoisotopic (exact) mass is 530 g/mol. The molecule has 1 heterocycles. The number of nitrogens with one attached hydrogen (secondary N) is 2. The van der Waals surface area contributed by atoms with E-state index >= 15 is 0 Å². The van der Waals surface area contributed by atoms with E-state index < -0.39 is 32.4 Å². The van der Waals surface area contributed by atoms with Crippen LogP contribution >= 0.6 is 27.5 Å². The van der Waals surface area contributed by atoms with E-state index in [1.807, 2.05) is 0 Å². The van der Waals surface area contributed by atoms with E-state index in [4.69, 9.17) is 11.6 Å². The zero-order valence-electron chi connectivity index (χ0n) is 15.8. The van der Waals surface area contributed by atoms with Crippen molar-refractivity contribution in [2.45, 2.75) is 17.7 Å². The molecule has 2 aromatic carbocycles. The Balaban J connectivity index is 2.03. The van der Waals surface area contributed by atoms with Gasteiger partial charge in [-0.1, -0.05) is 23.7 Å². The van der Waals surface area contributed by atoms with E-state index in [9.17, 15) is 22.6 Å². The molecule has 1 aromatic heterocycles. The lowest BCUT2D eigenvalue weighted by Gasteiger charge is -2.15. The smallest absolute Gasteiger partial charge is 0.238 e. The highest BCUT2D eigenvalue weighted by atomic mass is 79.9. The number of halogens is 2. The predicted molar refractivity (Wildman–Crippen MR) is 122 cm³/mol. The number of aromatic nitrogens is 1. The number of hydrogen-bond acceptors (Lipinski definition) is 5. The number of sulfonamides is 1. The molecule has 0 spiro atoms. The van der Waals surface area contributed by atoms with Gasteiger partial charge in [0, 0.05) is 26.9 Å². The minimum absolute atomic E-state index is 0.0130. The summed E-state index contributed by atoms with van der Waals surface area (Å²) in [5.74, 6) is -0.510. The molecule has 0 aliphatic heterocycles. The number of carbonyl (C=O) groups is 1. The molecule has 1 unspecified atom stereocenters. The van der Waals surface area contributed by atoms with Crippen molar-refractivity contribution in [3.8, 4) is 0 Å². The molecule has 2 N–H and O–H groups in total. The number of Topliss-reactive ketones (excluding diaryl/α,β-unsaturated/α-hetero) is 1. The molecule has 0 aliphatic rings. The number of carbonyl (C=O) groups excluding carboxylic acids is 1.